The van der Waals surface area contributed by atoms with Crippen molar-refractivity contribution in [2.45, 2.75) is 57.2 Å². The minimum Gasteiger partial charge on any atom is -0.393 e. The van der Waals surface area contributed by atoms with E-state index in [-0.39, 0.29) is 6.10 Å². The molecule has 3 aromatic heterocycles. The van der Waals surface area contributed by atoms with Crippen molar-refractivity contribution in [3.8, 4) is 11.1 Å². The van der Waals surface area contributed by atoms with Crippen LogP contribution >= 0.6 is 0 Å². The Morgan fingerprint density at radius 1 is 1.23 bits per heavy atom. The number of anilines is 1. The second kappa shape index (κ2) is 8.88. The fraction of sp³-hybridized carbons (Fsp3) is 0.522. The fourth-order valence-corrected chi connectivity index (χ4v) is 4.18. The van der Waals surface area contributed by atoms with E-state index < -0.39 is 5.67 Å². The summed E-state index contributed by atoms with van der Waals surface area (Å²) in [6.07, 6.45) is 6.61. The number of nitrogens with one attached hydrogen (secondary N) is 1. The van der Waals surface area contributed by atoms with Gasteiger partial charge in [-0.05, 0) is 63.3 Å². The molecule has 0 aromatic carbocycles. The first kappa shape index (κ1) is 21.6. The van der Waals surface area contributed by atoms with Crippen LogP contribution in [0.1, 0.15) is 56.8 Å². The van der Waals surface area contributed by atoms with E-state index in [1.807, 2.05) is 10.6 Å². The number of aliphatic hydroxyl groups excluding tert-OH is 1. The van der Waals surface area contributed by atoms with Crippen molar-refractivity contribution in [2.24, 2.45) is 0 Å². The van der Waals surface area contributed by atoms with E-state index in [4.69, 9.17) is 9.84 Å². The van der Waals surface area contributed by atoms with Crippen LogP contribution in [0.5, 0.6) is 0 Å². The normalized spacial score (nSPS) is 19.6. The van der Waals surface area contributed by atoms with Gasteiger partial charge >= 0.3 is 0 Å². The first-order valence-corrected chi connectivity index (χ1v) is 10.8. The lowest BCUT2D eigenvalue weighted by atomic mass is 9.85. The number of rotatable bonds is 7. The number of aromatic nitrogens is 4. The second-order valence-corrected chi connectivity index (χ2v) is 8.69. The molecule has 0 aliphatic heterocycles. The van der Waals surface area contributed by atoms with Gasteiger partial charge in [0.2, 0.25) is 5.95 Å². The fourth-order valence-electron chi connectivity index (χ4n) is 4.18. The van der Waals surface area contributed by atoms with E-state index in [1.54, 1.807) is 25.6 Å². The Labute approximate surface area is 181 Å². The molecule has 31 heavy (non-hydrogen) atoms. The molecule has 2 N–H and O–H groups in total. The van der Waals surface area contributed by atoms with Crippen molar-refractivity contribution in [2.75, 3.05) is 25.6 Å². The molecule has 0 amide bonds. The summed E-state index contributed by atoms with van der Waals surface area (Å²) >= 11 is 0. The molecule has 0 radical (unpaired) electrons. The smallest absolute Gasteiger partial charge is 0.241 e. The third kappa shape index (κ3) is 4.70. The number of pyridine rings is 1. The molecule has 1 saturated carbocycles. The Morgan fingerprint density at radius 3 is 2.71 bits per heavy atom. The Balaban J connectivity index is 1.79. The molecule has 0 atom stereocenters. The predicted molar refractivity (Wildman–Crippen MR) is 118 cm³/mol. The quantitative estimate of drug-likeness (QED) is 0.553. The van der Waals surface area contributed by atoms with Gasteiger partial charge in [0.15, 0.2) is 0 Å². The van der Waals surface area contributed by atoms with Gasteiger partial charge < -0.3 is 15.2 Å². The number of methoxy groups -OCH3 is 1. The van der Waals surface area contributed by atoms with E-state index in [1.165, 1.54) is 13.8 Å². The van der Waals surface area contributed by atoms with Gasteiger partial charge in [0.05, 0.1) is 30.1 Å². The van der Waals surface area contributed by atoms with Crippen LogP contribution in [0.3, 0.4) is 0 Å². The van der Waals surface area contributed by atoms with E-state index in [9.17, 15) is 9.50 Å². The summed E-state index contributed by atoms with van der Waals surface area (Å²) in [5.74, 6) is 0.828. The highest BCUT2D eigenvalue weighted by Gasteiger charge is 2.26. The van der Waals surface area contributed by atoms with Gasteiger partial charge in [-0.2, -0.15) is 0 Å². The van der Waals surface area contributed by atoms with Crippen LogP contribution in [0.4, 0.5) is 10.3 Å². The van der Waals surface area contributed by atoms with Crippen LogP contribution < -0.4 is 5.32 Å². The van der Waals surface area contributed by atoms with Crippen LogP contribution in [0.2, 0.25) is 0 Å². The molecule has 1 fully saturated rings. The van der Waals surface area contributed by atoms with Crippen LogP contribution in [-0.4, -0.2) is 51.1 Å². The number of hydrogen-bond donors (Lipinski definition) is 2. The van der Waals surface area contributed by atoms with Gasteiger partial charge in [-0.3, -0.25) is 4.98 Å². The van der Waals surface area contributed by atoms with Crippen LogP contribution in [0.15, 0.2) is 30.6 Å². The van der Waals surface area contributed by atoms with Gasteiger partial charge in [-0.15, -0.1) is 5.10 Å². The molecular formula is C23H30FN5O2. The Morgan fingerprint density at radius 2 is 2.00 bits per heavy atom. The summed E-state index contributed by atoms with van der Waals surface area (Å²) in [6.45, 7) is 4.19. The lowest BCUT2D eigenvalue weighted by molar-refractivity contribution is 0.121. The molecule has 0 spiro atoms. The van der Waals surface area contributed by atoms with Crippen molar-refractivity contribution in [1.82, 2.24) is 19.6 Å². The summed E-state index contributed by atoms with van der Waals surface area (Å²) in [5, 5.41) is 17.9. The summed E-state index contributed by atoms with van der Waals surface area (Å²) in [5.41, 5.74) is 2.67. The standard InChI is InChI=1S/C23H30FN5O2/c1-23(2,24)21-12-16(8-9-25-21)18-13-19(15-4-6-17(30)7-5-15)29-20(18)14-27-22(28-29)26-10-11-31-3/h8-9,12-15,17,30H,4-7,10-11H2,1-3H3,(H,26,28). The van der Waals surface area contributed by atoms with Crippen molar-refractivity contribution in [3.05, 3.63) is 42.0 Å². The number of aliphatic hydroxyl groups is 1. The van der Waals surface area contributed by atoms with Crippen LogP contribution in [0.25, 0.3) is 16.6 Å². The highest BCUT2D eigenvalue weighted by atomic mass is 19.1. The predicted octanol–water partition coefficient (Wildman–Crippen LogP) is 4.07. The topological polar surface area (TPSA) is 84.6 Å². The average Bonchev–Trinajstić information content (AvgIpc) is 3.13. The van der Waals surface area contributed by atoms with E-state index in [0.717, 1.165) is 48.0 Å². The zero-order chi connectivity index (χ0) is 22.0. The first-order valence-electron chi connectivity index (χ1n) is 10.8. The van der Waals surface area contributed by atoms with E-state index in [0.29, 0.717) is 30.7 Å². The SMILES string of the molecule is COCCNc1ncc2c(-c3ccnc(C(C)(C)F)c3)cc(C3CCC(O)CC3)n2n1. The molecule has 166 valence electrons. The zero-order valence-electron chi connectivity index (χ0n) is 18.3. The molecule has 8 heteroatoms. The third-order valence-corrected chi connectivity index (χ3v) is 5.93. The number of halogens is 1. The van der Waals surface area contributed by atoms with E-state index >= 15 is 0 Å². The largest absolute Gasteiger partial charge is 0.393 e. The van der Waals surface area contributed by atoms with Gasteiger partial charge in [-0.25, -0.2) is 13.9 Å². The lowest BCUT2D eigenvalue weighted by Crippen LogP contribution is -2.19. The molecule has 1 aliphatic carbocycles. The number of fused-ring (bicyclic) bond motifs is 1. The monoisotopic (exact) mass is 427 g/mol. The first-order chi connectivity index (χ1) is 14.9. The highest BCUT2D eigenvalue weighted by Crippen LogP contribution is 2.38. The maximum Gasteiger partial charge on any atom is 0.241 e. The maximum absolute atomic E-state index is 14.5. The molecule has 3 aromatic rings. The molecule has 4 rings (SSSR count). The minimum atomic E-state index is -1.52. The summed E-state index contributed by atoms with van der Waals surface area (Å²) in [4.78, 5) is 8.69. The van der Waals surface area contributed by atoms with Crippen molar-refractivity contribution >= 4 is 11.5 Å². The Bertz CT molecular complexity index is 1040. The van der Waals surface area contributed by atoms with Crippen molar-refractivity contribution in [3.63, 3.8) is 0 Å². The molecule has 1 aliphatic rings. The molecule has 3 heterocycles. The highest BCUT2D eigenvalue weighted by molar-refractivity contribution is 5.81. The molecule has 0 saturated heterocycles. The number of alkyl halides is 1. The summed E-state index contributed by atoms with van der Waals surface area (Å²) in [6, 6.07) is 5.83. The van der Waals surface area contributed by atoms with Crippen molar-refractivity contribution in [1.29, 1.82) is 0 Å². The molecule has 0 bridgehead atoms. The molecule has 0 unspecified atom stereocenters. The van der Waals surface area contributed by atoms with Crippen LogP contribution in [-0.2, 0) is 10.4 Å². The van der Waals surface area contributed by atoms with Crippen molar-refractivity contribution < 1.29 is 14.2 Å². The third-order valence-electron chi connectivity index (χ3n) is 5.93. The van der Waals surface area contributed by atoms with Gasteiger partial charge in [0.25, 0.3) is 0 Å². The van der Waals surface area contributed by atoms with Gasteiger partial charge in [0.1, 0.15) is 5.67 Å². The van der Waals surface area contributed by atoms with Gasteiger partial charge in [0, 0.05) is 37.0 Å². The molecular weight excluding hydrogens is 397 g/mol. The summed E-state index contributed by atoms with van der Waals surface area (Å²) < 4.78 is 21.6. The zero-order valence-corrected chi connectivity index (χ0v) is 18.3. The Hall–Kier alpha value is -2.58. The number of hydrogen-bond acceptors (Lipinski definition) is 6. The summed E-state index contributed by atoms with van der Waals surface area (Å²) in [7, 11) is 1.65. The van der Waals surface area contributed by atoms with Crippen LogP contribution in [0, 0.1) is 0 Å². The van der Waals surface area contributed by atoms with Gasteiger partial charge in [-0.1, -0.05) is 0 Å². The molecule has 7 nitrogen and oxygen atoms in total. The second-order valence-electron chi connectivity index (χ2n) is 8.69. The number of nitrogens with zero attached hydrogens (tertiary/aromatic N) is 4. The number of ether oxygens (including phenoxy) is 1. The average molecular weight is 428 g/mol. The minimum absolute atomic E-state index is 0.225. The Kier molecular flexibility index (Phi) is 6.20. The van der Waals surface area contributed by atoms with E-state index in [2.05, 4.69) is 21.4 Å². The lowest BCUT2D eigenvalue weighted by Gasteiger charge is -2.25. The maximum atomic E-state index is 14.5.